The zero-order chi connectivity index (χ0) is 52.1. The zero-order valence-corrected chi connectivity index (χ0v) is 52.1. The normalized spacial score (nSPS) is 28.2. The van der Waals surface area contributed by atoms with E-state index in [2.05, 4.69) is 0 Å². The van der Waals surface area contributed by atoms with E-state index in [1.807, 2.05) is 39.3 Å². The van der Waals surface area contributed by atoms with Gasteiger partial charge >= 0.3 is 59.1 Å². The first kappa shape index (κ1) is 61.6. The zero-order valence-electron chi connectivity index (χ0n) is 42.8. The van der Waals surface area contributed by atoms with Crippen molar-refractivity contribution in [1.82, 2.24) is 0 Å². The quantitative estimate of drug-likeness (QED) is 0.166. The van der Waals surface area contributed by atoms with E-state index in [-0.39, 0.29) is 60.8 Å². The number of carbonyl (C=O) groups excluding carboxylic acids is 4. The Labute approximate surface area is 450 Å². The molecule has 0 spiro atoms. The van der Waals surface area contributed by atoms with Crippen molar-refractivity contribution in [2.24, 2.45) is 0 Å². The van der Waals surface area contributed by atoms with Gasteiger partial charge in [-0.15, -0.1) is 0 Å². The third-order valence-electron chi connectivity index (χ3n) is 10.7. The van der Waals surface area contributed by atoms with Crippen LogP contribution in [0.5, 0.6) is 0 Å². The molecule has 0 aromatic heterocycles. The van der Waals surface area contributed by atoms with Gasteiger partial charge in [0, 0.05) is 24.2 Å². The summed E-state index contributed by atoms with van der Waals surface area (Å²) in [6, 6.07) is 14.0. The Kier molecular flexibility index (Phi) is 25.7. The van der Waals surface area contributed by atoms with Gasteiger partial charge in [-0.25, -0.2) is 19.2 Å². The van der Waals surface area contributed by atoms with Gasteiger partial charge in [0.1, 0.15) is 0 Å². The highest BCUT2D eigenvalue weighted by Gasteiger charge is 2.66. The minimum atomic E-state index is -4.30. The molecule has 404 valence electrons. The third kappa shape index (κ3) is 21.6. The molecule has 26 heteroatoms. The first-order valence-electron chi connectivity index (χ1n) is 25.1. The van der Waals surface area contributed by atoms with Gasteiger partial charge in [-0.2, -0.15) is 47.0 Å². The maximum atomic E-state index is 13.1. The van der Waals surface area contributed by atoms with E-state index in [9.17, 15) is 28.8 Å². The molecule has 0 atom stereocenters. The molecule has 72 heavy (non-hydrogen) atoms. The molecule has 0 amide bonds. The molecule has 0 radical (unpaired) electrons. The summed E-state index contributed by atoms with van der Waals surface area (Å²) in [5.41, 5.74) is 0.696. The molecule has 2 aromatic rings. The molecule has 3 heterocycles. The minimum Gasteiger partial charge on any atom is -0.462 e. The van der Waals surface area contributed by atoms with E-state index in [0.29, 0.717) is 109 Å². The van der Waals surface area contributed by atoms with Gasteiger partial charge in [-0.05, 0) is 161 Å². The summed E-state index contributed by atoms with van der Waals surface area (Å²) >= 11 is 6.66. The summed E-state index contributed by atoms with van der Waals surface area (Å²) in [6.45, 7) is 12.9. The van der Waals surface area contributed by atoms with Gasteiger partial charge in [0.15, 0.2) is 16.6 Å². The van der Waals surface area contributed by atoms with E-state index < -0.39 is 75.7 Å². The van der Waals surface area contributed by atoms with Crippen LogP contribution in [0.2, 0.25) is 63.5 Å². The van der Waals surface area contributed by atoms with Crippen molar-refractivity contribution in [2.75, 3.05) is 72.5 Å². The Morgan fingerprint density at radius 2 is 0.639 bits per heavy atom. The number of fused-ring (bicyclic) bond motifs is 6. The summed E-state index contributed by atoms with van der Waals surface area (Å²) in [7, 11) is -21.7. The number of hydrogen-bond donors (Lipinski definition) is 2. The number of rotatable bonds is 4. The van der Waals surface area contributed by atoms with Crippen LogP contribution in [0, 0.1) is 0 Å². The van der Waals surface area contributed by atoms with Crippen LogP contribution in [0.3, 0.4) is 0 Å². The van der Waals surface area contributed by atoms with Gasteiger partial charge in [0.05, 0.1) is 48.7 Å². The fourth-order valence-electron chi connectivity index (χ4n) is 7.86. The number of ether oxygens (including phenoxy) is 4. The minimum absolute atomic E-state index is 0.166. The van der Waals surface area contributed by atoms with Crippen LogP contribution in [-0.2, 0) is 43.6 Å². The lowest BCUT2D eigenvalue weighted by Gasteiger charge is -2.50. The Balaban J connectivity index is 1.43. The van der Waals surface area contributed by atoms with Crippen molar-refractivity contribution >= 4 is 123 Å². The molecule has 3 aliphatic heterocycles. The fourth-order valence-corrected chi connectivity index (χ4v) is 38.5. The molecule has 0 saturated carbocycles. The molecule has 4 bridgehead atoms. The molecule has 5 rings (SSSR count). The number of hydrogen-bond acceptors (Lipinski definition) is 20. The van der Waals surface area contributed by atoms with Crippen LogP contribution >= 0.6 is 47.0 Å². The Morgan fingerprint density at radius 3 is 0.889 bits per heavy atom. The predicted octanol–water partition coefficient (Wildman–Crippen LogP) is 9.62. The lowest BCUT2D eigenvalue weighted by atomic mass is 10.1. The van der Waals surface area contributed by atoms with E-state index in [1.54, 1.807) is 95.6 Å². The van der Waals surface area contributed by atoms with E-state index in [0.717, 1.165) is 0 Å². The van der Waals surface area contributed by atoms with Crippen molar-refractivity contribution in [2.45, 2.75) is 115 Å². The number of esters is 4. The van der Waals surface area contributed by atoms with Crippen LogP contribution in [0.15, 0.2) is 48.5 Å². The Morgan fingerprint density at radius 1 is 0.403 bits per heavy atom. The van der Waals surface area contributed by atoms with Crippen molar-refractivity contribution in [3.8, 4) is 0 Å². The van der Waals surface area contributed by atoms with Gasteiger partial charge in [0.25, 0.3) is 0 Å². The summed E-state index contributed by atoms with van der Waals surface area (Å²) < 4.78 is 65.0. The van der Waals surface area contributed by atoms with E-state index in [1.165, 1.54) is 0 Å². The highest BCUT2D eigenvalue weighted by molar-refractivity contribution is 7.99. The summed E-state index contributed by atoms with van der Waals surface area (Å²) in [6.07, 6.45) is 4.53. The largest absolute Gasteiger partial charge is 0.483 e. The van der Waals surface area contributed by atoms with Crippen LogP contribution in [0.25, 0.3) is 0 Å². The van der Waals surface area contributed by atoms with Gasteiger partial charge < -0.3 is 53.2 Å². The number of cyclic esters (lactones) is 4. The monoisotopic (exact) mass is 1180 g/mol. The molecule has 16 nitrogen and oxygen atoms in total. The molecule has 2 aromatic carbocycles. The fraction of sp³-hybridized carbons (Fsp3) is 0.652. The molecule has 3 aliphatic rings. The lowest BCUT2D eigenvalue weighted by molar-refractivity contribution is 0.0459. The molecular formula is C46H76O16S4Si6. The highest BCUT2D eigenvalue weighted by Crippen LogP contribution is 2.41. The highest BCUT2D eigenvalue weighted by atomic mass is 32.2. The van der Waals surface area contributed by atoms with Crippen LogP contribution < -0.4 is 0 Å². The van der Waals surface area contributed by atoms with Gasteiger partial charge in [0.2, 0.25) is 0 Å². The maximum Gasteiger partial charge on any atom is 0.483 e. The molecule has 2 N–H and O–H groups in total. The lowest BCUT2D eigenvalue weighted by Crippen LogP contribution is -2.74. The number of benzene rings is 2. The number of carbonyl (C=O) groups is 4. The topological polar surface area (TPSA) is 201 Å². The SMILES string of the molecule is C[Si](C)(C)O[Si]12CCCSCCCOC(=O)c3ccccc3C(=O)OCCCSCCC[Si](O)(O1)O[Si]1(O[Si](C)(C)C)CCCSCCCOC(=O)c3ccccc3C(=O)OCCCSCCC[Si](O)(O2)O1. The second kappa shape index (κ2) is 30.0. The van der Waals surface area contributed by atoms with Crippen molar-refractivity contribution in [1.29, 1.82) is 0 Å². The predicted molar refractivity (Wildman–Crippen MR) is 300 cm³/mol. The molecule has 0 unspecified atom stereocenters. The van der Waals surface area contributed by atoms with Crippen molar-refractivity contribution in [3.05, 3.63) is 70.8 Å². The second-order valence-electron chi connectivity index (χ2n) is 19.5. The van der Waals surface area contributed by atoms with Crippen molar-refractivity contribution < 1.29 is 72.4 Å². The summed E-state index contributed by atoms with van der Waals surface area (Å²) in [5.74, 6) is 3.06. The summed E-state index contributed by atoms with van der Waals surface area (Å²) in [5, 5.41) is 0. The van der Waals surface area contributed by atoms with Gasteiger partial charge in [-0.3, -0.25) is 0 Å². The molecule has 1 saturated heterocycles. The molecular weight excluding hydrogens is 1110 g/mol. The standard InChI is InChI=1S/C46H76O16S4Si6/c1-67(2,3)57-71-37-17-33-65-29-13-25-55-45(49)41-21-9-7-19-39(41)43(47)53-23-11-27-63-31-15-35-69(51,59-71)62-72(58-68(4,5)6)38-18-34-66-30-14-26-56-46(50)42-22-10-8-20-40(42)44(48)54-24-12-28-64-32-16-36-70(52,60-72)61-71/h7-10,19-22,51-52H,11-18,23-38H2,1-6H3. The Bertz CT molecular complexity index is 1920. The number of thioether (sulfide) groups is 4. The maximum absolute atomic E-state index is 13.1. The smallest absolute Gasteiger partial charge is 0.462 e. The van der Waals surface area contributed by atoms with Crippen LogP contribution in [0.4, 0.5) is 0 Å². The third-order valence-corrected chi connectivity index (χ3v) is 36.7. The Hall–Kier alpha value is -1.30. The van der Waals surface area contributed by atoms with Gasteiger partial charge in [-0.1, -0.05) is 24.3 Å². The molecule has 1 fully saturated rings. The average molecular weight is 1180 g/mol. The van der Waals surface area contributed by atoms with E-state index >= 15 is 0 Å². The van der Waals surface area contributed by atoms with Crippen molar-refractivity contribution in [3.63, 3.8) is 0 Å². The first-order chi connectivity index (χ1) is 34.2. The summed E-state index contributed by atoms with van der Waals surface area (Å²) in [4.78, 5) is 78.5. The first-order valence-corrected chi connectivity index (χ1v) is 44.3. The molecule has 0 aliphatic carbocycles. The second-order valence-corrected chi connectivity index (χ2v) is 45.4. The average Bonchev–Trinajstić information content (AvgIpc) is 3.29. The van der Waals surface area contributed by atoms with Crippen LogP contribution in [0.1, 0.15) is 92.8 Å². The van der Waals surface area contributed by atoms with E-state index in [4.69, 9.17) is 43.6 Å². The van der Waals surface area contributed by atoms with Crippen LogP contribution in [-0.4, -0.2) is 158 Å².